The van der Waals surface area contributed by atoms with Gasteiger partial charge in [-0.2, -0.15) is 0 Å². The van der Waals surface area contributed by atoms with Crippen molar-refractivity contribution in [3.8, 4) is 0 Å². The van der Waals surface area contributed by atoms with E-state index in [1.54, 1.807) is 6.20 Å². The SMILES string of the molecule is Cc1cc(C)c(C2=C(c3cn(CCCn4ccnc4)c4ccc(Br)cc34)C(=O)NC2=O)c(C)c1. The fourth-order valence-electron chi connectivity index (χ4n) is 5.02. The summed E-state index contributed by atoms with van der Waals surface area (Å²) in [7, 11) is 0. The Kier molecular flexibility index (Phi) is 5.73. The molecule has 0 aliphatic carbocycles. The van der Waals surface area contributed by atoms with E-state index in [1.807, 2.05) is 51.6 Å². The summed E-state index contributed by atoms with van der Waals surface area (Å²) in [4.78, 5) is 30.3. The molecule has 0 radical (unpaired) electrons. The number of fused-ring (bicyclic) bond motifs is 1. The first-order valence-corrected chi connectivity index (χ1v) is 12.1. The molecule has 6 nitrogen and oxygen atoms in total. The number of carbonyl (C=O) groups is 2. The molecule has 34 heavy (non-hydrogen) atoms. The molecule has 2 amide bonds. The number of aromatic nitrogens is 3. The predicted octanol–water partition coefficient (Wildman–Crippen LogP) is 5.18. The summed E-state index contributed by atoms with van der Waals surface area (Å²) in [6.07, 6.45) is 8.46. The minimum Gasteiger partial charge on any atom is -0.347 e. The van der Waals surface area contributed by atoms with E-state index in [-0.39, 0.29) is 11.8 Å². The zero-order valence-corrected chi connectivity index (χ0v) is 20.9. The van der Waals surface area contributed by atoms with Crippen molar-refractivity contribution in [1.82, 2.24) is 19.4 Å². The predicted molar refractivity (Wildman–Crippen MR) is 137 cm³/mol. The summed E-state index contributed by atoms with van der Waals surface area (Å²) in [5.41, 5.74) is 6.63. The number of rotatable bonds is 6. The van der Waals surface area contributed by atoms with Gasteiger partial charge in [-0.05, 0) is 62.1 Å². The van der Waals surface area contributed by atoms with Gasteiger partial charge in [0, 0.05) is 52.6 Å². The van der Waals surface area contributed by atoms with Gasteiger partial charge in [-0.3, -0.25) is 14.9 Å². The standard InChI is InChI=1S/C27H25BrN4O2/c1-16-11-17(2)23(18(3)12-16)25-24(26(33)30-27(25)34)21-14-32(9-4-8-31-10-7-29-15-31)22-6-5-19(28)13-20(21)22/h5-7,10-15H,4,8-9H2,1-3H3,(H,30,33,34). The maximum atomic E-state index is 13.1. The van der Waals surface area contributed by atoms with Crippen LogP contribution in [0.15, 0.2) is 59.7 Å². The van der Waals surface area contributed by atoms with Gasteiger partial charge in [-0.15, -0.1) is 0 Å². The van der Waals surface area contributed by atoms with Gasteiger partial charge in [0.15, 0.2) is 0 Å². The number of benzene rings is 2. The van der Waals surface area contributed by atoms with Gasteiger partial charge in [-0.1, -0.05) is 33.6 Å². The molecule has 0 fully saturated rings. The summed E-state index contributed by atoms with van der Waals surface area (Å²) in [6, 6.07) is 10.2. The molecule has 0 saturated carbocycles. The minimum absolute atomic E-state index is 0.342. The molecule has 7 heteroatoms. The molecule has 1 aliphatic heterocycles. The van der Waals surface area contributed by atoms with Crippen molar-refractivity contribution in [2.45, 2.75) is 40.3 Å². The lowest BCUT2D eigenvalue weighted by molar-refractivity contribution is -0.122. The third-order valence-electron chi connectivity index (χ3n) is 6.35. The summed E-state index contributed by atoms with van der Waals surface area (Å²) < 4.78 is 5.14. The first-order valence-electron chi connectivity index (χ1n) is 11.3. The van der Waals surface area contributed by atoms with Crippen LogP contribution in [0.25, 0.3) is 22.0 Å². The molecule has 172 valence electrons. The first kappa shape index (κ1) is 22.3. The fraction of sp³-hybridized carbons (Fsp3) is 0.222. The van der Waals surface area contributed by atoms with Crippen molar-refractivity contribution in [2.24, 2.45) is 0 Å². The monoisotopic (exact) mass is 516 g/mol. The van der Waals surface area contributed by atoms with Crippen LogP contribution in [0.2, 0.25) is 0 Å². The number of imidazole rings is 1. The quantitative estimate of drug-likeness (QED) is 0.359. The van der Waals surface area contributed by atoms with E-state index in [9.17, 15) is 9.59 Å². The fourth-order valence-corrected chi connectivity index (χ4v) is 5.38. The number of amides is 2. The van der Waals surface area contributed by atoms with Crippen molar-refractivity contribution in [3.63, 3.8) is 0 Å². The maximum absolute atomic E-state index is 13.1. The molecule has 0 atom stereocenters. The number of nitrogens with one attached hydrogen (secondary N) is 1. The van der Waals surface area contributed by atoms with Crippen molar-refractivity contribution >= 4 is 49.8 Å². The van der Waals surface area contributed by atoms with Gasteiger partial charge in [0.25, 0.3) is 11.8 Å². The van der Waals surface area contributed by atoms with Crippen LogP contribution in [0, 0.1) is 20.8 Å². The topological polar surface area (TPSA) is 68.9 Å². The summed E-state index contributed by atoms with van der Waals surface area (Å²) in [5.74, 6) is -0.692. The lowest BCUT2D eigenvalue weighted by Gasteiger charge is -2.12. The molecule has 4 aromatic rings. The lowest BCUT2D eigenvalue weighted by Crippen LogP contribution is -2.23. The van der Waals surface area contributed by atoms with Crippen LogP contribution in [-0.2, 0) is 22.7 Å². The molecule has 1 N–H and O–H groups in total. The van der Waals surface area contributed by atoms with Crippen LogP contribution in [-0.4, -0.2) is 25.9 Å². The van der Waals surface area contributed by atoms with Gasteiger partial charge in [0.05, 0.1) is 17.5 Å². The van der Waals surface area contributed by atoms with E-state index < -0.39 is 0 Å². The van der Waals surface area contributed by atoms with Crippen molar-refractivity contribution in [1.29, 1.82) is 0 Å². The number of halogens is 1. The Labute approximate surface area is 206 Å². The van der Waals surface area contributed by atoms with Crippen LogP contribution in [0.3, 0.4) is 0 Å². The number of nitrogens with zero attached hydrogens (tertiary/aromatic N) is 3. The minimum atomic E-state index is -0.350. The van der Waals surface area contributed by atoms with Crippen molar-refractivity contribution < 1.29 is 9.59 Å². The van der Waals surface area contributed by atoms with Crippen molar-refractivity contribution in [3.05, 3.63) is 87.5 Å². The molecule has 5 rings (SSSR count). The Morgan fingerprint density at radius 2 is 1.71 bits per heavy atom. The van der Waals surface area contributed by atoms with E-state index in [1.165, 1.54) is 0 Å². The molecule has 0 saturated heterocycles. The van der Waals surface area contributed by atoms with Crippen molar-refractivity contribution in [2.75, 3.05) is 0 Å². The van der Waals surface area contributed by atoms with E-state index in [4.69, 9.17) is 0 Å². The zero-order chi connectivity index (χ0) is 24.0. The van der Waals surface area contributed by atoms with E-state index in [2.05, 4.69) is 53.6 Å². The smallest absolute Gasteiger partial charge is 0.259 e. The highest BCUT2D eigenvalue weighted by Gasteiger charge is 2.35. The number of aryl methyl sites for hydroxylation is 5. The number of imide groups is 1. The van der Waals surface area contributed by atoms with Gasteiger partial charge in [0.2, 0.25) is 0 Å². The van der Waals surface area contributed by atoms with Crippen LogP contribution in [0.4, 0.5) is 0 Å². The Hall–Kier alpha value is -3.45. The largest absolute Gasteiger partial charge is 0.347 e. The van der Waals surface area contributed by atoms with E-state index >= 15 is 0 Å². The average Bonchev–Trinajstić information content (AvgIpc) is 3.47. The van der Waals surface area contributed by atoms with Gasteiger partial charge >= 0.3 is 0 Å². The zero-order valence-electron chi connectivity index (χ0n) is 19.4. The number of hydrogen-bond donors (Lipinski definition) is 1. The Morgan fingerprint density at radius 3 is 2.41 bits per heavy atom. The van der Waals surface area contributed by atoms with Gasteiger partial charge in [0.1, 0.15) is 0 Å². The third kappa shape index (κ3) is 3.90. The Bertz CT molecular complexity index is 1460. The Balaban J connectivity index is 1.67. The normalized spacial score (nSPS) is 13.9. The average molecular weight is 517 g/mol. The van der Waals surface area contributed by atoms with Gasteiger partial charge < -0.3 is 9.13 Å². The van der Waals surface area contributed by atoms with E-state index in [0.29, 0.717) is 11.1 Å². The first-order chi connectivity index (χ1) is 16.3. The molecule has 0 unspecified atom stereocenters. The second kappa shape index (κ2) is 8.72. The summed E-state index contributed by atoms with van der Waals surface area (Å²) in [5, 5.41) is 3.49. The highest BCUT2D eigenvalue weighted by atomic mass is 79.9. The molecule has 0 bridgehead atoms. The highest BCUT2D eigenvalue weighted by molar-refractivity contribution is 9.10. The molecule has 2 aromatic carbocycles. The molecule has 0 spiro atoms. The summed E-state index contributed by atoms with van der Waals surface area (Å²) in [6.45, 7) is 7.64. The van der Waals surface area contributed by atoms with Gasteiger partial charge in [-0.25, -0.2) is 4.98 Å². The molecular formula is C27H25BrN4O2. The molecule has 3 heterocycles. The summed E-state index contributed by atoms with van der Waals surface area (Å²) >= 11 is 3.58. The van der Waals surface area contributed by atoms with Crippen LogP contribution in [0.1, 0.15) is 34.2 Å². The number of carbonyl (C=O) groups excluding carboxylic acids is 2. The Morgan fingerprint density at radius 1 is 0.971 bits per heavy atom. The maximum Gasteiger partial charge on any atom is 0.259 e. The molecule has 1 aliphatic rings. The molecule has 2 aromatic heterocycles. The van der Waals surface area contributed by atoms with Crippen LogP contribution in [0.5, 0.6) is 0 Å². The van der Waals surface area contributed by atoms with E-state index in [0.717, 1.165) is 62.7 Å². The second-order valence-corrected chi connectivity index (χ2v) is 9.77. The van der Waals surface area contributed by atoms with Crippen LogP contribution < -0.4 is 5.32 Å². The third-order valence-corrected chi connectivity index (χ3v) is 6.84. The van der Waals surface area contributed by atoms with Crippen LogP contribution >= 0.6 is 15.9 Å². The lowest BCUT2D eigenvalue weighted by atomic mass is 9.89. The second-order valence-electron chi connectivity index (χ2n) is 8.86. The number of hydrogen-bond acceptors (Lipinski definition) is 3. The molecular weight excluding hydrogens is 492 g/mol. The highest BCUT2D eigenvalue weighted by Crippen LogP contribution is 2.39.